The summed E-state index contributed by atoms with van der Waals surface area (Å²) in [4.78, 5) is 20.5. The molecule has 3 N–H and O–H groups in total. The number of nitrogens with zero attached hydrogens (tertiary/aromatic N) is 8. The number of thiazole rings is 1. The Kier molecular flexibility index (Phi) is 12.6. The number of methoxy groups -OCH3 is 1. The van der Waals surface area contributed by atoms with Crippen LogP contribution in [0.25, 0.3) is 10.2 Å². The molecule has 2 aromatic carbocycles. The van der Waals surface area contributed by atoms with E-state index in [-0.39, 0.29) is 48.8 Å². The van der Waals surface area contributed by atoms with Crippen molar-refractivity contribution >= 4 is 65.5 Å². The van der Waals surface area contributed by atoms with Crippen LogP contribution in [0, 0.1) is 24.3 Å². The second-order valence-electron chi connectivity index (χ2n) is 10.7. The third-order valence-electron chi connectivity index (χ3n) is 6.97. The summed E-state index contributed by atoms with van der Waals surface area (Å²) in [5, 5.41) is 28.4. The van der Waals surface area contributed by atoms with Gasteiger partial charge in [0.15, 0.2) is 21.5 Å². The molecule has 0 saturated heterocycles. The van der Waals surface area contributed by atoms with Gasteiger partial charge in [-0.05, 0) is 43.7 Å². The van der Waals surface area contributed by atoms with Crippen molar-refractivity contribution in [1.29, 1.82) is 5.26 Å². The molecular weight excluding hydrogens is 702 g/mol. The van der Waals surface area contributed by atoms with E-state index in [2.05, 4.69) is 57.2 Å². The first kappa shape index (κ1) is 36.9. The van der Waals surface area contributed by atoms with Crippen LogP contribution in [0.1, 0.15) is 17.5 Å². The maximum Gasteiger partial charge on any atom is 0.323 e. The summed E-state index contributed by atoms with van der Waals surface area (Å²) in [7, 11) is -1.80. The van der Waals surface area contributed by atoms with Crippen molar-refractivity contribution in [3.05, 3.63) is 65.7 Å². The minimum absolute atomic E-state index is 0.0548. The molecule has 0 aliphatic carbocycles. The van der Waals surface area contributed by atoms with Gasteiger partial charge in [0, 0.05) is 44.3 Å². The number of hydrogen-bond acceptors (Lipinski definition) is 17. The summed E-state index contributed by atoms with van der Waals surface area (Å²) in [6.45, 7) is 3.48. The Morgan fingerprint density at radius 3 is 2.53 bits per heavy atom. The average Bonchev–Trinajstić information content (AvgIpc) is 3.52. The van der Waals surface area contributed by atoms with E-state index in [1.807, 2.05) is 30.3 Å². The fourth-order valence-electron chi connectivity index (χ4n) is 4.51. The fraction of sp³-hybridized carbons (Fsp3) is 0.312. The Labute approximate surface area is 297 Å². The van der Waals surface area contributed by atoms with Crippen molar-refractivity contribution in [2.24, 2.45) is 10.2 Å². The Morgan fingerprint density at radius 2 is 1.76 bits per heavy atom. The third-order valence-corrected chi connectivity index (χ3v) is 8.98. The summed E-state index contributed by atoms with van der Waals surface area (Å²) in [6, 6.07) is 16.0. The lowest BCUT2D eigenvalue weighted by atomic mass is 10.1. The van der Waals surface area contributed by atoms with Crippen molar-refractivity contribution in [1.82, 2.24) is 24.9 Å². The van der Waals surface area contributed by atoms with Gasteiger partial charge in [-0.2, -0.15) is 19.6 Å². The molecule has 19 heteroatoms. The van der Waals surface area contributed by atoms with Gasteiger partial charge in [-0.25, -0.2) is 18.4 Å². The van der Waals surface area contributed by atoms with Crippen molar-refractivity contribution < 1.29 is 27.0 Å². The molecule has 266 valence electrons. The van der Waals surface area contributed by atoms with Gasteiger partial charge in [0.1, 0.15) is 18.4 Å². The van der Waals surface area contributed by atoms with Crippen LogP contribution < -0.4 is 20.7 Å². The van der Waals surface area contributed by atoms with E-state index < -0.39 is 15.9 Å². The molecule has 0 unspecified atom stereocenters. The van der Waals surface area contributed by atoms with Gasteiger partial charge in [-0.1, -0.05) is 29.5 Å². The van der Waals surface area contributed by atoms with E-state index in [4.69, 9.17) is 14.2 Å². The molecule has 0 amide bonds. The largest absolute Gasteiger partial charge is 0.461 e. The third kappa shape index (κ3) is 10.3. The van der Waals surface area contributed by atoms with Gasteiger partial charge >= 0.3 is 12.1 Å². The summed E-state index contributed by atoms with van der Waals surface area (Å²) >= 11 is 1.18. The molecular formula is C32H34FN11O5S2. The number of nitrogens with one attached hydrogen (secondary N) is 3. The zero-order valence-corrected chi connectivity index (χ0v) is 29.5. The Bertz CT molecular complexity index is 2150. The maximum absolute atomic E-state index is 13.8. The van der Waals surface area contributed by atoms with Gasteiger partial charge in [0.25, 0.3) is 0 Å². The van der Waals surface area contributed by atoms with E-state index in [0.29, 0.717) is 57.8 Å². The molecule has 0 aliphatic heterocycles. The highest BCUT2D eigenvalue weighted by molar-refractivity contribution is 7.90. The predicted molar refractivity (Wildman–Crippen MR) is 190 cm³/mol. The molecule has 0 radical (unpaired) electrons. The number of pyridine rings is 1. The molecule has 0 bridgehead atoms. The topological polar surface area (TPSA) is 211 Å². The van der Waals surface area contributed by atoms with Gasteiger partial charge < -0.3 is 30.2 Å². The zero-order valence-electron chi connectivity index (χ0n) is 27.9. The van der Waals surface area contributed by atoms with Crippen molar-refractivity contribution in [2.45, 2.75) is 18.2 Å². The lowest BCUT2D eigenvalue weighted by molar-refractivity contribution is 0.103. The van der Waals surface area contributed by atoms with Crippen molar-refractivity contribution in [3.8, 4) is 12.1 Å². The smallest absolute Gasteiger partial charge is 0.323 e. The average molecular weight is 736 g/mol. The standard InChI is InChI=1S/C32H34FN11O5S2/c1-20-23(19-34)27(37-21-8-5-4-6-9-21)39-28(26(20)43-44-32-38-24-11-10-22(51(3,45)46)18-25(24)50-32)35-13-15-48-16-17-49-31-41-29(33)40-30(42-31)36-12-7-14-47-2/h4-6,8-11,18H,7,12-17H2,1-3H3,(H2,35,37,39)(H,36,40,41,42). The Hall–Kier alpha value is -5.42. The van der Waals surface area contributed by atoms with Gasteiger partial charge in [-0.15, -0.1) is 15.2 Å². The van der Waals surface area contributed by atoms with Crippen molar-refractivity contribution in [3.63, 3.8) is 0 Å². The molecule has 5 aromatic rings. The van der Waals surface area contributed by atoms with Crippen LogP contribution >= 0.6 is 11.3 Å². The maximum atomic E-state index is 13.8. The van der Waals surface area contributed by atoms with E-state index in [1.165, 1.54) is 17.4 Å². The predicted octanol–water partition coefficient (Wildman–Crippen LogP) is 5.71. The summed E-state index contributed by atoms with van der Waals surface area (Å²) in [6.07, 6.45) is 0.859. The minimum atomic E-state index is -3.40. The molecule has 0 atom stereocenters. The highest BCUT2D eigenvalue weighted by Crippen LogP contribution is 2.37. The zero-order chi connectivity index (χ0) is 36.2. The molecule has 16 nitrogen and oxygen atoms in total. The van der Waals surface area contributed by atoms with Crippen LogP contribution in [-0.2, 0) is 19.3 Å². The van der Waals surface area contributed by atoms with Crippen LogP contribution in [0.4, 0.5) is 38.5 Å². The molecule has 5 rings (SSSR count). The highest BCUT2D eigenvalue weighted by Gasteiger charge is 2.18. The number of sulfone groups is 1. The summed E-state index contributed by atoms with van der Waals surface area (Å²) in [5.41, 5.74) is 2.42. The number of anilines is 4. The van der Waals surface area contributed by atoms with Crippen molar-refractivity contribution in [2.75, 3.05) is 68.8 Å². The Morgan fingerprint density at radius 1 is 0.941 bits per heavy atom. The number of aromatic nitrogens is 5. The molecule has 0 saturated carbocycles. The van der Waals surface area contributed by atoms with Crippen LogP contribution in [0.2, 0.25) is 0 Å². The number of hydrogen-bond donors (Lipinski definition) is 3. The number of benzene rings is 2. The summed E-state index contributed by atoms with van der Waals surface area (Å²) < 4.78 is 54.6. The monoisotopic (exact) mass is 735 g/mol. The van der Waals surface area contributed by atoms with Crippen LogP contribution in [0.15, 0.2) is 63.7 Å². The second kappa shape index (κ2) is 17.5. The first-order valence-corrected chi connectivity index (χ1v) is 18.2. The molecule has 0 fully saturated rings. The number of para-hydroxylation sites is 1. The first-order chi connectivity index (χ1) is 24.6. The second-order valence-corrected chi connectivity index (χ2v) is 13.8. The number of nitriles is 1. The number of ether oxygens (including phenoxy) is 3. The van der Waals surface area contributed by atoms with Gasteiger partial charge in [0.05, 0.1) is 33.9 Å². The molecule has 3 aromatic heterocycles. The highest BCUT2D eigenvalue weighted by atomic mass is 32.2. The molecule has 51 heavy (non-hydrogen) atoms. The van der Waals surface area contributed by atoms with Gasteiger partial charge in [-0.3, -0.25) is 0 Å². The fourth-order valence-corrected chi connectivity index (χ4v) is 6.06. The molecule has 3 heterocycles. The van der Waals surface area contributed by atoms with E-state index in [1.54, 1.807) is 26.2 Å². The quantitative estimate of drug-likeness (QED) is 0.0727. The first-order valence-electron chi connectivity index (χ1n) is 15.5. The Balaban J connectivity index is 1.27. The minimum Gasteiger partial charge on any atom is -0.461 e. The number of azo groups is 1. The number of fused-ring (bicyclic) bond motifs is 1. The van der Waals surface area contributed by atoms with Crippen LogP contribution in [0.5, 0.6) is 6.01 Å². The lowest BCUT2D eigenvalue weighted by Crippen LogP contribution is -2.16. The number of rotatable bonds is 18. The van der Waals surface area contributed by atoms with Gasteiger partial charge in [0.2, 0.25) is 11.1 Å². The van der Waals surface area contributed by atoms with Crippen LogP contribution in [-0.4, -0.2) is 86.2 Å². The van der Waals surface area contributed by atoms with E-state index in [0.717, 1.165) is 11.9 Å². The van der Waals surface area contributed by atoms with E-state index in [9.17, 15) is 18.1 Å². The van der Waals surface area contributed by atoms with Crippen LogP contribution in [0.3, 0.4) is 0 Å². The molecule has 0 aliphatic rings. The normalized spacial score (nSPS) is 11.5. The van der Waals surface area contributed by atoms with E-state index >= 15 is 0 Å². The SMILES string of the molecule is COCCCNc1nc(F)nc(OCCOCCNc2nc(Nc3ccccc3)c(C#N)c(C)c2N=Nc2nc3ccc(S(C)(=O)=O)cc3s2)n1. The number of halogens is 1. The summed E-state index contributed by atoms with van der Waals surface area (Å²) in [5.74, 6) is 0.713. The molecule has 0 spiro atoms. The lowest BCUT2D eigenvalue weighted by Gasteiger charge is -2.15.